The van der Waals surface area contributed by atoms with Crippen molar-refractivity contribution in [3.63, 3.8) is 0 Å². The summed E-state index contributed by atoms with van der Waals surface area (Å²) in [6, 6.07) is 6.32. The van der Waals surface area contributed by atoms with Gasteiger partial charge in [-0.05, 0) is 38.5 Å². The summed E-state index contributed by atoms with van der Waals surface area (Å²) >= 11 is 0. The van der Waals surface area contributed by atoms with Crippen molar-refractivity contribution in [2.75, 3.05) is 13.6 Å². The van der Waals surface area contributed by atoms with Gasteiger partial charge in [0.25, 0.3) is 0 Å². The lowest BCUT2D eigenvalue weighted by atomic mass is 9.97. The van der Waals surface area contributed by atoms with Gasteiger partial charge in [-0.1, -0.05) is 12.1 Å². The first-order chi connectivity index (χ1) is 17.3. The predicted octanol–water partition coefficient (Wildman–Crippen LogP) is 5.04. The molecule has 196 valence electrons. The molecule has 0 saturated carbocycles. The summed E-state index contributed by atoms with van der Waals surface area (Å²) in [6.07, 6.45) is 0.623. The highest BCUT2D eigenvalue weighted by molar-refractivity contribution is 5.91. The van der Waals surface area contributed by atoms with Crippen LogP contribution >= 0.6 is 0 Å². The molecule has 12 heteroatoms. The molecule has 1 heterocycles. The fourth-order valence-electron chi connectivity index (χ4n) is 3.42. The third kappa shape index (κ3) is 6.66. The van der Waals surface area contributed by atoms with Crippen LogP contribution in [0.3, 0.4) is 0 Å². The van der Waals surface area contributed by atoms with Crippen LogP contribution in [0.4, 0.5) is 22.8 Å². The number of imidazole rings is 1. The Kier molecular flexibility index (Phi) is 7.90. The van der Waals surface area contributed by atoms with Crippen LogP contribution in [-0.4, -0.2) is 56.9 Å². The van der Waals surface area contributed by atoms with Crippen molar-refractivity contribution < 1.29 is 42.1 Å². The molecule has 0 aliphatic carbocycles. The Morgan fingerprint density at radius 3 is 2.22 bits per heavy atom. The highest BCUT2D eigenvalue weighted by Crippen LogP contribution is 2.28. The number of rotatable bonds is 6. The number of halogens is 3. The van der Waals surface area contributed by atoms with Gasteiger partial charge in [0, 0.05) is 38.1 Å². The van der Waals surface area contributed by atoms with Crippen LogP contribution in [0.15, 0.2) is 48.8 Å². The predicted molar refractivity (Wildman–Crippen MR) is 124 cm³/mol. The number of esters is 1. The van der Waals surface area contributed by atoms with E-state index in [2.05, 4.69) is 4.98 Å². The number of carboxylic acid groups (broad SMARTS) is 1. The average Bonchev–Trinajstić information content (AvgIpc) is 3.26. The first kappa shape index (κ1) is 27.2. The van der Waals surface area contributed by atoms with Crippen molar-refractivity contribution in [3.8, 4) is 5.75 Å². The third-order valence-electron chi connectivity index (χ3n) is 5.05. The van der Waals surface area contributed by atoms with E-state index < -0.39 is 52.7 Å². The van der Waals surface area contributed by atoms with Crippen molar-refractivity contribution in [2.45, 2.75) is 32.3 Å². The van der Waals surface area contributed by atoms with Gasteiger partial charge in [-0.25, -0.2) is 37.1 Å². The molecular weight excluding hydrogens is 495 g/mol. The van der Waals surface area contributed by atoms with Gasteiger partial charge in [-0.3, -0.25) is 0 Å². The maximum Gasteiger partial charge on any atom is 0.417 e. The van der Waals surface area contributed by atoms with Gasteiger partial charge in [0.2, 0.25) is 0 Å². The molecule has 37 heavy (non-hydrogen) atoms. The fraction of sp³-hybridized carbons (Fsp3) is 0.280. The Hall–Kier alpha value is -4.35. The number of benzene rings is 2. The molecule has 3 aromatic rings. The summed E-state index contributed by atoms with van der Waals surface area (Å²) in [6.45, 7) is 5.09. The maximum absolute atomic E-state index is 13.9. The number of ether oxygens (including phenoxy) is 2. The Morgan fingerprint density at radius 1 is 1.08 bits per heavy atom. The maximum atomic E-state index is 13.9. The van der Waals surface area contributed by atoms with E-state index in [4.69, 9.17) is 9.47 Å². The van der Waals surface area contributed by atoms with Crippen molar-refractivity contribution in [2.24, 2.45) is 0 Å². The largest absolute Gasteiger partial charge is 0.464 e. The Bertz CT molecular complexity index is 1290. The van der Waals surface area contributed by atoms with E-state index in [9.17, 15) is 32.7 Å². The molecule has 0 aliphatic rings. The number of hydrogen-bond donors (Lipinski definition) is 1. The number of hydrogen-bond acceptors (Lipinski definition) is 6. The summed E-state index contributed by atoms with van der Waals surface area (Å²) in [5.41, 5.74) is -1.32. The lowest BCUT2D eigenvalue weighted by Gasteiger charge is -2.27. The molecule has 3 rings (SSSR count). The summed E-state index contributed by atoms with van der Waals surface area (Å²) in [5, 5.41) is 9.54. The summed E-state index contributed by atoms with van der Waals surface area (Å²) in [4.78, 5) is 41.9. The van der Waals surface area contributed by atoms with Crippen molar-refractivity contribution in [3.05, 3.63) is 83.2 Å². The highest BCUT2D eigenvalue weighted by Gasteiger charge is 2.28. The molecule has 1 aromatic heterocycles. The molecule has 1 atom stereocenters. The third-order valence-corrected chi connectivity index (χ3v) is 5.05. The highest BCUT2D eigenvalue weighted by atomic mass is 19.1. The van der Waals surface area contributed by atoms with Crippen LogP contribution in [0, 0.1) is 17.5 Å². The number of carbonyl (C=O) groups is 3. The molecule has 9 nitrogen and oxygen atoms in total. The van der Waals surface area contributed by atoms with Crippen LogP contribution < -0.4 is 4.74 Å². The number of likely N-dealkylation sites (N-methyl/N-ethyl adjacent to an activating group) is 1. The molecule has 0 aliphatic heterocycles. The quantitative estimate of drug-likeness (QED) is 0.359. The number of carbonyl (C=O) groups excluding carboxylic acids is 2. The lowest BCUT2D eigenvalue weighted by molar-refractivity contribution is 0.0292. The molecular formula is C25H24F3N3O6. The molecule has 0 spiro atoms. The van der Waals surface area contributed by atoms with Gasteiger partial charge < -0.3 is 19.5 Å². The normalized spacial score (nSPS) is 12.1. The molecule has 1 amide bonds. The first-order valence-corrected chi connectivity index (χ1v) is 10.9. The standard InChI is InChI=1S/C25H24F3N3O6/c1-25(2,3)37-24(35)30(4)13-17(21-29-9-10-31(21)23(33)34)14-5-7-16(8-6-14)36-22(32)20-18(27)11-15(26)12-19(20)28/h5-12,17H,13H2,1-4H3,(H,33,34). The topological polar surface area (TPSA) is 111 Å². The second kappa shape index (κ2) is 10.7. The minimum Gasteiger partial charge on any atom is -0.464 e. The van der Waals surface area contributed by atoms with Gasteiger partial charge in [-0.15, -0.1) is 0 Å². The van der Waals surface area contributed by atoms with E-state index in [1.165, 1.54) is 48.6 Å². The second-order valence-corrected chi connectivity index (χ2v) is 9.05. The molecule has 2 aromatic carbocycles. The van der Waals surface area contributed by atoms with Crippen LogP contribution in [-0.2, 0) is 4.74 Å². The summed E-state index contributed by atoms with van der Waals surface area (Å²) < 4.78 is 52.2. The average molecular weight is 519 g/mol. The summed E-state index contributed by atoms with van der Waals surface area (Å²) in [7, 11) is 1.48. The van der Waals surface area contributed by atoms with Crippen molar-refractivity contribution >= 4 is 18.2 Å². The smallest absolute Gasteiger partial charge is 0.417 e. The molecule has 0 saturated heterocycles. The molecule has 1 unspecified atom stereocenters. The molecule has 1 N–H and O–H groups in total. The molecule has 0 bridgehead atoms. The number of aromatic nitrogens is 2. The monoisotopic (exact) mass is 519 g/mol. The van der Waals surface area contributed by atoms with E-state index in [1.807, 2.05) is 0 Å². The van der Waals surface area contributed by atoms with E-state index >= 15 is 0 Å². The van der Waals surface area contributed by atoms with Crippen molar-refractivity contribution in [1.82, 2.24) is 14.5 Å². The number of nitrogens with zero attached hydrogens (tertiary/aromatic N) is 3. The van der Waals surface area contributed by atoms with Crippen LogP contribution in [0.1, 0.15) is 48.4 Å². The first-order valence-electron chi connectivity index (χ1n) is 10.9. The zero-order valence-corrected chi connectivity index (χ0v) is 20.4. The minimum atomic E-state index is -1.41. The second-order valence-electron chi connectivity index (χ2n) is 9.05. The van der Waals surface area contributed by atoms with E-state index in [1.54, 1.807) is 20.8 Å². The van der Waals surface area contributed by atoms with Gasteiger partial charge >= 0.3 is 18.2 Å². The van der Waals surface area contributed by atoms with E-state index in [0.29, 0.717) is 17.7 Å². The Labute approximate surface area is 210 Å². The van der Waals surface area contributed by atoms with Crippen LogP contribution in [0.2, 0.25) is 0 Å². The Balaban J connectivity index is 1.88. The van der Waals surface area contributed by atoms with Crippen molar-refractivity contribution in [1.29, 1.82) is 0 Å². The van der Waals surface area contributed by atoms with Crippen LogP contribution in [0.5, 0.6) is 5.75 Å². The Morgan fingerprint density at radius 2 is 1.68 bits per heavy atom. The SMILES string of the molecule is CN(CC(c1ccc(OC(=O)c2c(F)cc(F)cc2F)cc1)c1nccn1C(=O)O)C(=O)OC(C)(C)C. The lowest BCUT2D eigenvalue weighted by Crippen LogP contribution is -2.37. The molecule has 0 fully saturated rings. The van der Waals surface area contributed by atoms with E-state index in [-0.39, 0.29) is 18.1 Å². The fourth-order valence-corrected chi connectivity index (χ4v) is 3.42. The molecule has 0 radical (unpaired) electrons. The number of amides is 1. The minimum absolute atomic E-state index is 0.0235. The van der Waals surface area contributed by atoms with E-state index in [0.717, 1.165) is 4.57 Å². The van der Waals surface area contributed by atoms with Gasteiger partial charge in [0.15, 0.2) is 0 Å². The van der Waals surface area contributed by atoms with Gasteiger partial charge in [0.1, 0.15) is 40.2 Å². The zero-order valence-electron chi connectivity index (χ0n) is 20.4. The summed E-state index contributed by atoms with van der Waals surface area (Å²) in [5.74, 6) is -6.10. The van der Waals surface area contributed by atoms with Gasteiger partial charge in [0.05, 0.1) is 5.92 Å². The van der Waals surface area contributed by atoms with Crippen LogP contribution in [0.25, 0.3) is 0 Å². The van der Waals surface area contributed by atoms with Gasteiger partial charge in [-0.2, -0.15) is 0 Å². The zero-order chi connectivity index (χ0) is 27.5.